The minimum absolute atomic E-state index is 0.0373. The number of carbonyl (C=O) groups is 2. The van der Waals surface area contributed by atoms with Crippen molar-refractivity contribution < 1.29 is 38.0 Å². The van der Waals surface area contributed by atoms with Crippen LogP contribution in [-0.2, 0) is 38.0 Å². The Morgan fingerprint density at radius 1 is 0.688 bits per heavy atom. The molecule has 6 atom stereocenters. The van der Waals surface area contributed by atoms with Gasteiger partial charge in [0.15, 0.2) is 0 Å². The molecular formula is C24H32O8. The second kappa shape index (κ2) is 8.37. The Morgan fingerprint density at radius 3 is 1.56 bits per heavy atom. The number of esters is 2. The first-order valence-corrected chi connectivity index (χ1v) is 11.7. The maximum atomic E-state index is 12.7. The van der Waals surface area contributed by atoms with Crippen molar-refractivity contribution in [1.82, 2.24) is 0 Å². The number of hydrogen-bond acceptors (Lipinski definition) is 8. The zero-order valence-corrected chi connectivity index (χ0v) is 18.8. The molecule has 0 aromatic heterocycles. The Morgan fingerprint density at radius 2 is 1.12 bits per heavy atom. The molecule has 1 saturated heterocycles. The van der Waals surface area contributed by atoms with Crippen molar-refractivity contribution in [2.45, 2.75) is 50.7 Å². The second-order valence-electron chi connectivity index (χ2n) is 9.78. The molecule has 0 bridgehead atoms. The minimum Gasteiger partial charge on any atom is -0.498 e. The van der Waals surface area contributed by atoms with Crippen LogP contribution in [0.15, 0.2) is 23.7 Å². The summed E-state index contributed by atoms with van der Waals surface area (Å²) >= 11 is 0. The molecular weight excluding hydrogens is 416 g/mol. The minimum atomic E-state index is -0.397. The van der Waals surface area contributed by atoms with E-state index in [1.807, 2.05) is 26.0 Å². The van der Waals surface area contributed by atoms with Gasteiger partial charge in [-0.2, -0.15) is 0 Å². The molecule has 0 amide bonds. The fourth-order valence-corrected chi connectivity index (χ4v) is 5.89. The first-order valence-electron chi connectivity index (χ1n) is 11.7. The molecule has 2 aliphatic carbocycles. The first kappa shape index (κ1) is 21.8. The lowest BCUT2D eigenvalue weighted by atomic mass is 9.60. The molecule has 0 spiro atoms. The average molecular weight is 449 g/mol. The van der Waals surface area contributed by atoms with Crippen LogP contribution in [0.25, 0.3) is 0 Å². The first-order chi connectivity index (χ1) is 15.4. The van der Waals surface area contributed by atoms with E-state index in [0.717, 1.165) is 24.4 Å². The van der Waals surface area contributed by atoms with Crippen molar-refractivity contribution in [3.05, 3.63) is 23.7 Å². The van der Waals surface area contributed by atoms with E-state index in [0.29, 0.717) is 39.3 Å². The van der Waals surface area contributed by atoms with Crippen LogP contribution in [0.3, 0.4) is 0 Å². The van der Waals surface area contributed by atoms with E-state index >= 15 is 0 Å². The van der Waals surface area contributed by atoms with Gasteiger partial charge in [-0.3, -0.25) is 9.59 Å². The smallest absolute Gasteiger partial charge is 0.310 e. The Hall–Kier alpha value is -2.06. The van der Waals surface area contributed by atoms with E-state index in [1.165, 1.54) is 0 Å². The molecule has 8 heteroatoms. The third kappa shape index (κ3) is 3.71. The highest BCUT2D eigenvalue weighted by Crippen LogP contribution is 2.54. The zero-order chi connectivity index (χ0) is 22.3. The maximum absolute atomic E-state index is 12.7. The van der Waals surface area contributed by atoms with Gasteiger partial charge in [0.2, 0.25) is 0 Å². The van der Waals surface area contributed by atoms with E-state index in [4.69, 9.17) is 28.4 Å². The molecule has 5 rings (SSSR count). The molecule has 32 heavy (non-hydrogen) atoms. The van der Waals surface area contributed by atoms with Crippen LogP contribution in [-0.4, -0.2) is 62.8 Å². The standard InChI is InChI=1S/C24H32O8/c1-23-13-15-19(23)17(5-9-31-23)27-7-3-4-8-28-18-6-10-32-24(2)14-16(20(18)24)22(26)30-12-11-29-21(15)25/h5-6,15-16,19-20H,3-4,7-14H2,1-2H3. The quantitative estimate of drug-likeness (QED) is 0.523. The molecule has 0 aromatic carbocycles. The van der Waals surface area contributed by atoms with E-state index < -0.39 is 11.2 Å². The predicted octanol–water partition coefficient (Wildman–Crippen LogP) is 2.52. The molecule has 8 nitrogen and oxygen atoms in total. The summed E-state index contributed by atoms with van der Waals surface area (Å²) in [7, 11) is 0. The molecule has 3 fully saturated rings. The van der Waals surface area contributed by atoms with Gasteiger partial charge in [0.25, 0.3) is 0 Å². The number of cyclic esters (lactones) is 2. The Bertz CT molecular complexity index is 766. The summed E-state index contributed by atoms with van der Waals surface area (Å²) < 4.78 is 34.8. The second-order valence-corrected chi connectivity index (χ2v) is 9.78. The van der Waals surface area contributed by atoms with Crippen molar-refractivity contribution in [3.8, 4) is 0 Å². The van der Waals surface area contributed by atoms with Crippen LogP contribution in [0.5, 0.6) is 0 Å². The third-order valence-corrected chi connectivity index (χ3v) is 7.63. The lowest BCUT2D eigenvalue weighted by Crippen LogP contribution is -2.59. The van der Waals surface area contributed by atoms with Crippen LogP contribution >= 0.6 is 0 Å². The Kier molecular flexibility index (Phi) is 5.70. The molecule has 3 heterocycles. The molecule has 0 aromatic rings. The summed E-state index contributed by atoms with van der Waals surface area (Å²) in [6.07, 6.45) is 6.70. The molecule has 0 N–H and O–H groups in total. The Labute approximate surface area is 188 Å². The highest BCUT2D eigenvalue weighted by atomic mass is 16.6. The average Bonchev–Trinajstić information content (AvgIpc) is 2.73. The van der Waals surface area contributed by atoms with Gasteiger partial charge in [0, 0.05) is 0 Å². The molecule has 5 aliphatic rings. The van der Waals surface area contributed by atoms with Crippen molar-refractivity contribution in [2.75, 3.05) is 39.6 Å². The summed E-state index contributed by atoms with van der Waals surface area (Å²) in [5, 5.41) is 0. The molecule has 3 aliphatic heterocycles. The van der Waals surface area contributed by atoms with E-state index in [1.54, 1.807) is 0 Å². The van der Waals surface area contributed by atoms with Crippen LogP contribution in [0, 0.1) is 23.7 Å². The fourth-order valence-electron chi connectivity index (χ4n) is 5.89. The summed E-state index contributed by atoms with van der Waals surface area (Å²) in [6, 6.07) is 0. The SMILES string of the molecule is CC12CC3C(=O)OCCOC(=O)C4CC5(C)OCC=C(OCCCCOC(=CCO1)C32)C45. The van der Waals surface area contributed by atoms with Gasteiger partial charge in [-0.05, 0) is 51.7 Å². The fraction of sp³-hybridized carbons (Fsp3) is 0.750. The van der Waals surface area contributed by atoms with Gasteiger partial charge < -0.3 is 28.4 Å². The highest BCUT2D eigenvalue weighted by molar-refractivity contribution is 5.76. The molecule has 6 unspecified atom stereocenters. The van der Waals surface area contributed by atoms with Crippen molar-refractivity contribution in [2.24, 2.45) is 23.7 Å². The van der Waals surface area contributed by atoms with Crippen molar-refractivity contribution in [1.29, 1.82) is 0 Å². The lowest BCUT2D eigenvalue weighted by Gasteiger charge is -2.53. The summed E-state index contributed by atoms with van der Waals surface area (Å²) in [6.45, 7) is 6.20. The third-order valence-electron chi connectivity index (χ3n) is 7.63. The van der Waals surface area contributed by atoms with Crippen molar-refractivity contribution in [3.63, 3.8) is 0 Å². The Balaban J connectivity index is 1.27. The number of hydrogen-bond donors (Lipinski definition) is 0. The van der Waals surface area contributed by atoms with Crippen LogP contribution in [0.2, 0.25) is 0 Å². The van der Waals surface area contributed by atoms with Crippen LogP contribution < -0.4 is 0 Å². The largest absolute Gasteiger partial charge is 0.498 e. The summed E-state index contributed by atoms with van der Waals surface area (Å²) in [5.74, 6) is 0.179. The summed E-state index contributed by atoms with van der Waals surface area (Å²) in [5.41, 5.74) is -0.794. The topological polar surface area (TPSA) is 89.5 Å². The van der Waals surface area contributed by atoms with Gasteiger partial charge >= 0.3 is 11.9 Å². The van der Waals surface area contributed by atoms with E-state index in [2.05, 4.69) is 0 Å². The molecule has 0 radical (unpaired) electrons. The van der Waals surface area contributed by atoms with Crippen LogP contribution in [0.1, 0.15) is 39.5 Å². The van der Waals surface area contributed by atoms with Gasteiger partial charge in [-0.15, -0.1) is 0 Å². The van der Waals surface area contributed by atoms with Gasteiger partial charge in [-0.25, -0.2) is 0 Å². The van der Waals surface area contributed by atoms with Crippen molar-refractivity contribution >= 4 is 11.9 Å². The normalized spacial score (nSPS) is 42.3. The number of rotatable bonds is 0. The molecule has 176 valence electrons. The summed E-state index contributed by atoms with van der Waals surface area (Å²) in [4.78, 5) is 25.4. The number of ether oxygens (including phenoxy) is 6. The number of carbonyl (C=O) groups excluding carboxylic acids is 2. The van der Waals surface area contributed by atoms with E-state index in [9.17, 15) is 9.59 Å². The van der Waals surface area contributed by atoms with Gasteiger partial charge in [-0.1, -0.05) is 0 Å². The maximum Gasteiger partial charge on any atom is 0.310 e. The predicted molar refractivity (Wildman–Crippen MR) is 111 cm³/mol. The van der Waals surface area contributed by atoms with Gasteiger partial charge in [0.05, 0.1) is 61.3 Å². The highest BCUT2D eigenvalue weighted by Gasteiger charge is 2.60. The zero-order valence-electron chi connectivity index (χ0n) is 18.8. The molecule has 2 saturated carbocycles. The monoisotopic (exact) mass is 448 g/mol. The van der Waals surface area contributed by atoms with E-state index in [-0.39, 0.29) is 48.8 Å². The van der Waals surface area contributed by atoms with Crippen LogP contribution in [0.4, 0.5) is 0 Å². The lowest BCUT2D eigenvalue weighted by molar-refractivity contribution is -0.202. The van der Waals surface area contributed by atoms with Gasteiger partial charge in [0.1, 0.15) is 24.7 Å².